The molecule has 1 heterocycles. The van der Waals surface area contributed by atoms with Crippen molar-refractivity contribution < 1.29 is 4.79 Å². The van der Waals surface area contributed by atoms with Crippen LogP contribution in [0, 0.1) is 0 Å². The summed E-state index contributed by atoms with van der Waals surface area (Å²) < 4.78 is 0. The smallest absolute Gasteiger partial charge is 0.237 e. The van der Waals surface area contributed by atoms with Gasteiger partial charge in [-0.15, -0.1) is 25.6 Å². The third kappa shape index (κ3) is 5.35. The molecule has 2 N–H and O–H groups in total. The largest absolute Gasteiger partial charge is 0.334 e. The molecule has 0 radical (unpaired) electrons. The van der Waals surface area contributed by atoms with Gasteiger partial charge in [0, 0.05) is 32.2 Å². The highest BCUT2D eigenvalue weighted by Crippen LogP contribution is 2.07. The number of halogens is 1. The highest BCUT2D eigenvalue weighted by molar-refractivity contribution is 5.85. The van der Waals surface area contributed by atoms with E-state index in [1.54, 1.807) is 17.1 Å². The van der Waals surface area contributed by atoms with E-state index >= 15 is 0 Å². The van der Waals surface area contributed by atoms with E-state index in [0.29, 0.717) is 19.6 Å². The van der Waals surface area contributed by atoms with E-state index in [1.807, 2.05) is 0 Å². The Morgan fingerprint density at radius 2 is 2.00 bits per heavy atom. The number of nitrogens with zero attached hydrogens (tertiary/aromatic N) is 2. The molecule has 1 saturated heterocycles. The van der Waals surface area contributed by atoms with Crippen LogP contribution in [0.2, 0.25) is 0 Å². The van der Waals surface area contributed by atoms with Crippen molar-refractivity contribution in [3.05, 3.63) is 25.3 Å². The Kier molecular flexibility index (Phi) is 7.87. The lowest BCUT2D eigenvalue weighted by Crippen LogP contribution is -2.40. The van der Waals surface area contributed by atoms with Gasteiger partial charge in [0.25, 0.3) is 0 Å². The highest BCUT2D eigenvalue weighted by Gasteiger charge is 2.22. The summed E-state index contributed by atoms with van der Waals surface area (Å²) in [6, 6.07) is 0.222. The fourth-order valence-corrected chi connectivity index (χ4v) is 1.89. The van der Waals surface area contributed by atoms with Gasteiger partial charge in [0.15, 0.2) is 0 Å². The zero-order valence-corrected chi connectivity index (χ0v) is 11.0. The number of hydrogen-bond acceptors (Lipinski definition) is 3. The van der Waals surface area contributed by atoms with Gasteiger partial charge in [0.05, 0.1) is 6.54 Å². The van der Waals surface area contributed by atoms with Crippen molar-refractivity contribution in [1.29, 1.82) is 0 Å². The van der Waals surface area contributed by atoms with Crippen LogP contribution in [0.3, 0.4) is 0 Å². The van der Waals surface area contributed by atoms with Crippen molar-refractivity contribution in [2.75, 3.05) is 32.7 Å². The van der Waals surface area contributed by atoms with Gasteiger partial charge in [-0.2, -0.15) is 0 Å². The van der Waals surface area contributed by atoms with Crippen LogP contribution >= 0.6 is 12.4 Å². The number of hydrogen-bond donors (Lipinski definition) is 1. The van der Waals surface area contributed by atoms with Gasteiger partial charge in [-0.05, 0) is 6.42 Å². The molecule has 4 nitrogen and oxygen atoms in total. The van der Waals surface area contributed by atoms with Gasteiger partial charge in [-0.25, -0.2) is 0 Å². The Balaban J connectivity index is 0.00000256. The van der Waals surface area contributed by atoms with Crippen LogP contribution in [0.1, 0.15) is 6.42 Å². The molecule has 0 spiro atoms. The molecule has 0 aromatic heterocycles. The summed E-state index contributed by atoms with van der Waals surface area (Å²) in [5, 5.41) is 0. The minimum Gasteiger partial charge on any atom is -0.334 e. The van der Waals surface area contributed by atoms with Crippen LogP contribution in [-0.4, -0.2) is 54.5 Å². The van der Waals surface area contributed by atoms with Crippen molar-refractivity contribution in [3.63, 3.8) is 0 Å². The topological polar surface area (TPSA) is 49.6 Å². The lowest BCUT2D eigenvalue weighted by Gasteiger charge is -2.23. The number of carbonyl (C=O) groups excluding carboxylic acids is 1. The Bertz CT molecular complexity index is 260. The predicted molar refractivity (Wildman–Crippen MR) is 73.3 cm³/mol. The number of amides is 1. The molecule has 0 aromatic rings. The minimum absolute atomic E-state index is 0. The molecule has 98 valence electrons. The molecule has 1 atom stereocenters. The van der Waals surface area contributed by atoms with E-state index in [1.165, 1.54) is 0 Å². The SMILES string of the molecule is C=CCN(CC=C)C(=O)CN1CCC(N)C1.Cl. The molecule has 1 amide bonds. The van der Waals surface area contributed by atoms with Gasteiger partial charge >= 0.3 is 0 Å². The summed E-state index contributed by atoms with van der Waals surface area (Å²) in [6.45, 7) is 10.6. The van der Waals surface area contributed by atoms with Crippen LogP contribution in [0.5, 0.6) is 0 Å². The normalized spacial score (nSPS) is 19.5. The molecule has 1 aliphatic heterocycles. The summed E-state index contributed by atoms with van der Waals surface area (Å²) >= 11 is 0. The fourth-order valence-electron chi connectivity index (χ4n) is 1.89. The minimum atomic E-state index is 0. The Hall–Kier alpha value is -0.840. The van der Waals surface area contributed by atoms with Gasteiger partial charge in [-0.3, -0.25) is 9.69 Å². The van der Waals surface area contributed by atoms with Crippen molar-refractivity contribution in [3.8, 4) is 0 Å². The Morgan fingerprint density at radius 3 is 2.41 bits per heavy atom. The van der Waals surface area contributed by atoms with E-state index in [4.69, 9.17) is 5.73 Å². The first kappa shape index (κ1) is 16.2. The first-order valence-electron chi connectivity index (χ1n) is 5.65. The Labute approximate surface area is 110 Å². The maximum absolute atomic E-state index is 11.9. The summed E-state index contributed by atoms with van der Waals surface area (Å²) in [5.41, 5.74) is 5.80. The van der Waals surface area contributed by atoms with Crippen molar-refractivity contribution in [2.45, 2.75) is 12.5 Å². The Morgan fingerprint density at radius 1 is 1.41 bits per heavy atom. The van der Waals surface area contributed by atoms with Crippen LogP contribution < -0.4 is 5.73 Å². The molecule has 0 aromatic carbocycles. The van der Waals surface area contributed by atoms with Crippen LogP contribution in [-0.2, 0) is 4.79 Å². The van der Waals surface area contributed by atoms with E-state index < -0.39 is 0 Å². The lowest BCUT2D eigenvalue weighted by atomic mass is 10.3. The zero-order valence-electron chi connectivity index (χ0n) is 10.2. The van der Waals surface area contributed by atoms with Gasteiger partial charge < -0.3 is 10.6 Å². The average Bonchev–Trinajstić information content (AvgIpc) is 2.63. The third-order valence-corrected chi connectivity index (χ3v) is 2.72. The maximum atomic E-state index is 11.9. The van der Waals surface area contributed by atoms with E-state index in [0.717, 1.165) is 19.5 Å². The molecule has 1 unspecified atom stereocenters. The average molecular weight is 260 g/mol. The quantitative estimate of drug-likeness (QED) is 0.713. The van der Waals surface area contributed by atoms with Crippen LogP contribution in [0.15, 0.2) is 25.3 Å². The molecule has 5 heteroatoms. The first-order valence-corrected chi connectivity index (χ1v) is 5.65. The molecule has 0 aliphatic carbocycles. The zero-order chi connectivity index (χ0) is 12.0. The molecule has 1 fully saturated rings. The molecule has 0 bridgehead atoms. The van der Waals surface area contributed by atoms with E-state index in [-0.39, 0.29) is 24.4 Å². The number of nitrogens with two attached hydrogens (primary N) is 1. The van der Waals surface area contributed by atoms with E-state index in [9.17, 15) is 4.79 Å². The highest BCUT2D eigenvalue weighted by atomic mass is 35.5. The third-order valence-electron chi connectivity index (χ3n) is 2.72. The standard InChI is InChI=1S/C12H21N3O.ClH/c1-3-6-15(7-4-2)12(16)10-14-8-5-11(13)9-14;/h3-4,11H,1-2,5-10,13H2;1H. The molecular formula is C12H22ClN3O. The molecule has 1 rings (SSSR count). The van der Waals surface area contributed by atoms with Crippen molar-refractivity contribution in [1.82, 2.24) is 9.80 Å². The number of carbonyl (C=O) groups is 1. The summed E-state index contributed by atoms with van der Waals surface area (Å²) in [5.74, 6) is 0.119. The predicted octanol–water partition coefficient (Wildman–Crippen LogP) is 0.642. The van der Waals surface area contributed by atoms with Gasteiger partial charge in [0.1, 0.15) is 0 Å². The van der Waals surface area contributed by atoms with Crippen molar-refractivity contribution >= 4 is 18.3 Å². The second-order valence-electron chi connectivity index (χ2n) is 4.16. The number of rotatable bonds is 6. The molecule has 0 saturated carbocycles. The monoisotopic (exact) mass is 259 g/mol. The van der Waals surface area contributed by atoms with Crippen LogP contribution in [0.4, 0.5) is 0 Å². The van der Waals surface area contributed by atoms with Gasteiger partial charge in [0.2, 0.25) is 5.91 Å². The van der Waals surface area contributed by atoms with Gasteiger partial charge in [-0.1, -0.05) is 12.2 Å². The number of likely N-dealkylation sites (tertiary alicyclic amines) is 1. The second-order valence-corrected chi connectivity index (χ2v) is 4.16. The summed E-state index contributed by atoms with van der Waals surface area (Å²) in [6.07, 6.45) is 4.45. The fraction of sp³-hybridized carbons (Fsp3) is 0.583. The van der Waals surface area contributed by atoms with E-state index in [2.05, 4.69) is 18.1 Å². The summed E-state index contributed by atoms with van der Waals surface area (Å²) in [7, 11) is 0. The van der Waals surface area contributed by atoms with Crippen LogP contribution in [0.25, 0.3) is 0 Å². The van der Waals surface area contributed by atoms with Crippen molar-refractivity contribution in [2.24, 2.45) is 5.73 Å². The second kappa shape index (κ2) is 8.28. The molecular weight excluding hydrogens is 238 g/mol. The summed E-state index contributed by atoms with van der Waals surface area (Å²) in [4.78, 5) is 15.8. The first-order chi connectivity index (χ1) is 7.67. The molecule has 1 aliphatic rings. The lowest BCUT2D eigenvalue weighted by molar-refractivity contribution is -0.131. The maximum Gasteiger partial charge on any atom is 0.237 e. The molecule has 17 heavy (non-hydrogen) atoms.